The van der Waals surface area contributed by atoms with Crippen molar-refractivity contribution in [2.45, 2.75) is 19.9 Å². The van der Waals surface area contributed by atoms with Gasteiger partial charge in [-0.1, -0.05) is 23.7 Å². The van der Waals surface area contributed by atoms with Crippen molar-refractivity contribution >= 4 is 17.4 Å². The molecule has 2 rings (SSSR count). The molecular weight excluding hydrogens is 234 g/mol. The Hall–Kier alpha value is -1.61. The first-order chi connectivity index (χ1) is 8.15. The van der Waals surface area contributed by atoms with Crippen molar-refractivity contribution < 1.29 is 0 Å². The number of benzene rings is 1. The van der Waals surface area contributed by atoms with Gasteiger partial charge in [-0.05, 0) is 38.1 Å². The van der Waals surface area contributed by atoms with E-state index in [4.69, 9.17) is 11.6 Å². The monoisotopic (exact) mass is 247 g/mol. The van der Waals surface area contributed by atoms with Gasteiger partial charge >= 0.3 is 0 Å². The molecule has 0 bridgehead atoms. The van der Waals surface area contributed by atoms with Crippen LogP contribution < -0.4 is 5.32 Å². The SMILES string of the molecule is CC(C)Nc1ccc(-c2cccc(Cl)c2)nn1. The molecule has 0 fully saturated rings. The quantitative estimate of drug-likeness (QED) is 0.900. The first kappa shape index (κ1) is 11.9. The number of hydrogen-bond acceptors (Lipinski definition) is 3. The van der Waals surface area contributed by atoms with Crippen LogP contribution in [-0.4, -0.2) is 16.2 Å². The van der Waals surface area contributed by atoms with Crippen molar-refractivity contribution in [2.75, 3.05) is 5.32 Å². The normalized spacial score (nSPS) is 10.6. The van der Waals surface area contributed by atoms with Crippen LogP contribution in [0.15, 0.2) is 36.4 Å². The highest BCUT2D eigenvalue weighted by Gasteiger charge is 2.02. The largest absolute Gasteiger partial charge is 0.366 e. The molecule has 0 saturated heterocycles. The van der Waals surface area contributed by atoms with Crippen molar-refractivity contribution in [3.63, 3.8) is 0 Å². The van der Waals surface area contributed by atoms with E-state index in [9.17, 15) is 0 Å². The third-order valence-electron chi connectivity index (χ3n) is 2.22. The molecule has 2 aromatic rings. The second-order valence-corrected chi connectivity index (χ2v) is 4.55. The molecule has 0 atom stereocenters. The molecule has 88 valence electrons. The van der Waals surface area contributed by atoms with E-state index in [0.717, 1.165) is 17.1 Å². The van der Waals surface area contributed by atoms with Crippen LogP contribution in [0, 0.1) is 0 Å². The summed E-state index contributed by atoms with van der Waals surface area (Å²) < 4.78 is 0. The van der Waals surface area contributed by atoms with Gasteiger partial charge in [-0.3, -0.25) is 0 Å². The molecule has 0 aliphatic rings. The average molecular weight is 248 g/mol. The van der Waals surface area contributed by atoms with E-state index in [-0.39, 0.29) is 0 Å². The van der Waals surface area contributed by atoms with Gasteiger partial charge in [0.25, 0.3) is 0 Å². The van der Waals surface area contributed by atoms with E-state index in [1.807, 2.05) is 36.4 Å². The molecule has 17 heavy (non-hydrogen) atoms. The molecule has 0 aliphatic carbocycles. The summed E-state index contributed by atoms with van der Waals surface area (Å²) >= 11 is 5.93. The standard InChI is InChI=1S/C13H14ClN3/c1-9(2)15-13-7-6-12(16-17-13)10-4-3-5-11(14)8-10/h3-9H,1-2H3,(H,15,17). The number of anilines is 1. The molecular formula is C13H14ClN3. The fourth-order valence-electron chi connectivity index (χ4n) is 1.51. The maximum absolute atomic E-state index is 5.93. The molecule has 0 radical (unpaired) electrons. The minimum absolute atomic E-state index is 0.348. The zero-order valence-electron chi connectivity index (χ0n) is 9.81. The third kappa shape index (κ3) is 3.17. The van der Waals surface area contributed by atoms with E-state index in [0.29, 0.717) is 11.1 Å². The molecule has 0 unspecified atom stereocenters. The van der Waals surface area contributed by atoms with E-state index in [1.165, 1.54) is 0 Å². The van der Waals surface area contributed by atoms with Crippen molar-refractivity contribution in [3.05, 3.63) is 41.4 Å². The van der Waals surface area contributed by atoms with Crippen LogP contribution in [0.3, 0.4) is 0 Å². The topological polar surface area (TPSA) is 37.8 Å². The number of rotatable bonds is 3. The zero-order valence-corrected chi connectivity index (χ0v) is 10.6. The number of hydrogen-bond donors (Lipinski definition) is 1. The highest BCUT2D eigenvalue weighted by atomic mass is 35.5. The zero-order chi connectivity index (χ0) is 12.3. The van der Waals surface area contributed by atoms with E-state index in [2.05, 4.69) is 29.4 Å². The van der Waals surface area contributed by atoms with E-state index in [1.54, 1.807) is 0 Å². The Morgan fingerprint density at radius 1 is 1.12 bits per heavy atom. The predicted molar refractivity (Wildman–Crippen MR) is 71.2 cm³/mol. The van der Waals surface area contributed by atoms with Crippen LogP contribution in [0.25, 0.3) is 11.3 Å². The summed E-state index contributed by atoms with van der Waals surface area (Å²) in [6.07, 6.45) is 0. The lowest BCUT2D eigenvalue weighted by molar-refractivity contribution is 0.874. The lowest BCUT2D eigenvalue weighted by Gasteiger charge is -2.08. The smallest absolute Gasteiger partial charge is 0.148 e. The van der Waals surface area contributed by atoms with E-state index < -0.39 is 0 Å². The van der Waals surface area contributed by atoms with Gasteiger partial charge in [0.2, 0.25) is 0 Å². The molecule has 1 aromatic heterocycles. The number of halogens is 1. The van der Waals surface area contributed by atoms with Crippen molar-refractivity contribution in [1.82, 2.24) is 10.2 Å². The molecule has 0 amide bonds. The summed E-state index contributed by atoms with van der Waals surface area (Å²) in [5.74, 6) is 0.783. The Kier molecular flexibility index (Phi) is 3.59. The molecule has 1 N–H and O–H groups in total. The van der Waals surface area contributed by atoms with E-state index >= 15 is 0 Å². The average Bonchev–Trinajstić information content (AvgIpc) is 2.29. The maximum Gasteiger partial charge on any atom is 0.148 e. The van der Waals surface area contributed by atoms with Gasteiger partial charge < -0.3 is 5.32 Å². The number of nitrogens with zero attached hydrogens (tertiary/aromatic N) is 2. The first-order valence-corrected chi connectivity index (χ1v) is 5.89. The Bertz CT molecular complexity index is 494. The Morgan fingerprint density at radius 3 is 2.53 bits per heavy atom. The minimum Gasteiger partial charge on any atom is -0.366 e. The van der Waals surface area contributed by atoms with Crippen LogP contribution in [-0.2, 0) is 0 Å². The summed E-state index contributed by atoms with van der Waals surface area (Å²) in [7, 11) is 0. The van der Waals surface area contributed by atoms with Crippen LogP contribution in [0.4, 0.5) is 5.82 Å². The molecule has 0 aliphatic heterocycles. The van der Waals surface area contributed by atoms with Gasteiger partial charge in [0.05, 0.1) is 5.69 Å². The second kappa shape index (κ2) is 5.15. The fraction of sp³-hybridized carbons (Fsp3) is 0.231. The van der Waals surface area contributed by atoms with Crippen LogP contribution >= 0.6 is 11.6 Å². The lowest BCUT2D eigenvalue weighted by atomic mass is 10.1. The molecule has 0 spiro atoms. The predicted octanol–water partition coefficient (Wildman–Crippen LogP) is 3.62. The molecule has 4 heteroatoms. The number of nitrogens with one attached hydrogen (secondary N) is 1. The Morgan fingerprint density at radius 2 is 1.94 bits per heavy atom. The summed E-state index contributed by atoms with van der Waals surface area (Å²) in [5, 5.41) is 12.2. The highest BCUT2D eigenvalue weighted by Crippen LogP contribution is 2.20. The number of aromatic nitrogens is 2. The summed E-state index contributed by atoms with van der Waals surface area (Å²) in [4.78, 5) is 0. The molecule has 3 nitrogen and oxygen atoms in total. The Labute approximate surface area is 106 Å². The van der Waals surface area contributed by atoms with Crippen LogP contribution in [0.2, 0.25) is 5.02 Å². The van der Waals surface area contributed by atoms with Crippen molar-refractivity contribution in [2.24, 2.45) is 0 Å². The van der Waals surface area contributed by atoms with Crippen molar-refractivity contribution in [3.8, 4) is 11.3 Å². The molecule has 1 aromatic carbocycles. The summed E-state index contributed by atoms with van der Waals surface area (Å²) in [5.41, 5.74) is 1.79. The highest BCUT2D eigenvalue weighted by molar-refractivity contribution is 6.30. The van der Waals surface area contributed by atoms with Gasteiger partial charge in [-0.25, -0.2) is 0 Å². The van der Waals surface area contributed by atoms with Crippen molar-refractivity contribution in [1.29, 1.82) is 0 Å². The van der Waals surface area contributed by atoms with Gasteiger partial charge in [-0.2, -0.15) is 0 Å². The van der Waals surface area contributed by atoms with Gasteiger partial charge in [0, 0.05) is 16.6 Å². The van der Waals surface area contributed by atoms with Crippen LogP contribution in [0.5, 0.6) is 0 Å². The first-order valence-electron chi connectivity index (χ1n) is 5.51. The minimum atomic E-state index is 0.348. The second-order valence-electron chi connectivity index (χ2n) is 4.11. The molecule has 0 saturated carbocycles. The van der Waals surface area contributed by atoms with Gasteiger partial charge in [-0.15, -0.1) is 10.2 Å². The summed E-state index contributed by atoms with van der Waals surface area (Å²) in [6.45, 7) is 4.12. The fourth-order valence-corrected chi connectivity index (χ4v) is 1.70. The molecule has 1 heterocycles. The van der Waals surface area contributed by atoms with Crippen LogP contribution in [0.1, 0.15) is 13.8 Å². The lowest BCUT2D eigenvalue weighted by Crippen LogP contribution is -2.11. The summed E-state index contributed by atoms with van der Waals surface area (Å²) in [6, 6.07) is 11.8. The Balaban J connectivity index is 2.23. The maximum atomic E-state index is 5.93. The van der Waals surface area contributed by atoms with Gasteiger partial charge in [0.15, 0.2) is 0 Å². The third-order valence-corrected chi connectivity index (χ3v) is 2.46. The van der Waals surface area contributed by atoms with Gasteiger partial charge in [0.1, 0.15) is 5.82 Å².